The van der Waals surface area contributed by atoms with E-state index in [1.165, 1.54) is 5.56 Å². The number of guanidine groups is 1. The van der Waals surface area contributed by atoms with Crippen LogP contribution in [0.1, 0.15) is 36.7 Å². The molecule has 0 amide bonds. The van der Waals surface area contributed by atoms with E-state index < -0.39 is 0 Å². The van der Waals surface area contributed by atoms with Crippen molar-refractivity contribution in [2.75, 3.05) is 20.6 Å². The van der Waals surface area contributed by atoms with Crippen LogP contribution in [-0.4, -0.2) is 50.7 Å². The predicted octanol–water partition coefficient (Wildman–Crippen LogP) is 2.44. The van der Waals surface area contributed by atoms with Crippen LogP contribution in [0.15, 0.2) is 41.8 Å². The maximum Gasteiger partial charge on any atom is 0.193 e. The zero-order valence-electron chi connectivity index (χ0n) is 16.8. The molecule has 3 heterocycles. The smallest absolute Gasteiger partial charge is 0.193 e. The maximum absolute atomic E-state index is 4.64. The van der Waals surface area contributed by atoms with Crippen molar-refractivity contribution in [2.24, 2.45) is 12.0 Å². The summed E-state index contributed by atoms with van der Waals surface area (Å²) in [5.74, 6) is 1.27. The zero-order valence-corrected chi connectivity index (χ0v) is 16.8. The second kappa shape index (κ2) is 8.24. The van der Waals surface area contributed by atoms with Gasteiger partial charge >= 0.3 is 0 Å². The van der Waals surface area contributed by atoms with Gasteiger partial charge in [-0.2, -0.15) is 5.10 Å². The third kappa shape index (κ3) is 4.48. The fourth-order valence-electron chi connectivity index (χ4n) is 3.29. The molecule has 0 saturated heterocycles. The van der Waals surface area contributed by atoms with Gasteiger partial charge < -0.3 is 14.6 Å². The summed E-state index contributed by atoms with van der Waals surface area (Å²) >= 11 is 0. The van der Waals surface area contributed by atoms with Gasteiger partial charge in [0, 0.05) is 64.8 Å². The first-order chi connectivity index (χ1) is 13.0. The predicted molar refractivity (Wildman–Crippen MR) is 109 cm³/mol. The fraction of sp³-hybridized carbons (Fsp3) is 0.450. The highest BCUT2D eigenvalue weighted by molar-refractivity contribution is 5.79. The summed E-state index contributed by atoms with van der Waals surface area (Å²) in [6.07, 6.45) is 7.04. The molecule has 3 aromatic heterocycles. The third-order valence-corrected chi connectivity index (χ3v) is 4.54. The van der Waals surface area contributed by atoms with Gasteiger partial charge in [-0.05, 0) is 18.1 Å². The quantitative estimate of drug-likeness (QED) is 0.537. The second-order valence-corrected chi connectivity index (χ2v) is 7.15. The first kappa shape index (κ1) is 18.9. The molecule has 0 aliphatic rings. The van der Waals surface area contributed by atoms with Gasteiger partial charge in [0.15, 0.2) is 5.96 Å². The molecule has 27 heavy (non-hydrogen) atoms. The number of hydrogen-bond acceptors (Lipinski definition) is 3. The topological polar surface area (TPSA) is 62.8 Å². The lowest BCUT2D eigenvalue weighted by atomic mass is 10.1. The summed E-state index contributed by atoms with van der Waals surface area (Å²) in [4.78, 5) is 11.2. The van der Waals surface area contributed by atoms with Gasteiger partial charge in [-0.1, -0.05) is 19.9 Å². The lowest BCUT2D eigenvalue weighted by Crippen LogP contribution is -2.39. The maximum atomic E-state index is 4.64. The van der Waals surface area contributed by atoms with Crippen molar-refractivity contribution in [3.8, 4) is 0 Å². The normalized spacial score (nSPS) is 12.1. The molecule has 0 spiro atoms. The molecule has 1 N–H and O–H groups in total. The van der Waals surface area contributed by atoms with Gasteiger partial charge in [-0.25, -0.2) is 4.98 Å². The Kier molecular flexibility index (Phi) is 5.78. The van der Waals surface area contributed by atoms with Crippen LogP contribution < -0.4 is 5.32 Å². The highest BCUT2D eigenvalue weighted by Crippen LogP contribution is 2.18. The number of aromatic nitrogens is 4. The average molecular weight is 368 g/mol. The summed E-state index contributed by atoms with van der Waals surface area (Å²) in [6, 6.07) is 6.03. The Hall–Kier alpha value is -2.83. The van der Waals surface area contributed by atoms with E-state index in [0.29, 0.717) is 5.92 Å². The Labute approximate surface area is 160 Å². The molecule has 0 aromatic carbocycles. The number of nitrogens with zero attached hydrogens (tertiary/aromatic N) is 6. The highest BCUT2D eigenvalue weighted by Gasteiger charge is 2.15. The van der Waals surface area contributed by atoms with E-state index in [9.17, 15) is 0 Å². The molecule has 0 bridgehead atoms. The number of aliphatic imine (C=N–C) groups is 1. The van der Waals surface area contributed by atoms with Crippen molar-refractivity contribution in [3.63, 3.8) is 0 Å². The monoisotopic (exact) mass is 367 g/mol. The molecule has 0 radical (unpaired) electrons. The number of hydrogen-bond donors (Lipinski definition) is 1. The summed E-state index contributed by atoms with van der Waals surface area (Å²) in [5.41, 5.74) is 4.43. The van der Waals surface area contributed by atoms with Crippen LogP contribution >= 0.6 is 0 Å². The first-order valence-electron chi connectivity index (χ1n) is 9.34. The molecule has 0 aliphatic carbocycles. The molecule has 7 nitrogen and oxygen atoms in total. The van der Waals surface area contributed by atoms with E-state index in [-0.39, 0.29) is 0 Å². The SMILES string of the molecule is CN=C(NCCc1cn2ccccc2n1)N(C)Cc1cn(C)nc1C(C)C. The third-order valence-electron chi connectivity index (χ3n) is 4.54. The van der Waals surface area contributed by atoms with Crippen molar-refractivity contribution in [3.05, 3.63) is 53.7 Å². The van der Waals surface area contributed by atoms with Gasteiger partial charge in [0.25, 0.3) is 0 Å². The lowest BCUT2D eigenvalue weighted by Gasteiger charge is -2.22. The molecular weight excluding hydrogens is 338 g/mol. The van der Waals surface area contributed by atoms with Gasteiger partial charge in [-0.15, -0.1) is 0 Å². The van der Waals surface area contributed by atoms with Crippen LogP contribution in [0.25, 0.3) is 5.65 Å². The Bertz CT molecular complexity index is 886. The molecule has 144 valence electrons. The second-order valence-electron chi connectivity index (χ2n) is 7.15. The molecular formula is C20H29N7. The van der Waals surface area contributed by atoms with Crippen molar-refractivity contribution in [2.45, 2.75) is 32.7 Å². The summed E-state index contributed by atoms with van der Waals surface area (Å²) in [5, 5.41) is 8.03. The lowest BCUT2D eigenvalue weighted by molar-refractivity contribution is 0.473. The number of nitrogens with one attached hydrogen (secondary N) is 1. The molecule has 7 heteroatoms. The van der Waals surface area contributed by atoms with Crippen LogP contribution in [0.2, 0.25) is 0 Å². The number of aryl methyl sites for hydroxylation is 1. The highest BCUT2D eigenvalue weighted by atomic mass is 15.3. The Morgan fingerprint density at radius 3 is 2.81 bits per heavy atom. The molecule has 3 rings (SSSR count). The van der Waals surface area contributed by atoms with E-state index in [4.69, 9.17) is 0 Å². The molecule has 0 saturated carbocycles. The Balaban J connectivity index is 1.58. The zero-order chi connectivity index (χ0) is 19.4. The van der Waals surface area contributed by atoms with E-state index in [0.717, 1.165) is 42.5 Å². The molecule has 0 fully saturated rings. The minimum atomic E-state index is 0.402. The van der Waals surface area contributed by atoms with Gasteiger partial charge in [-0.3, -0.25) is 9.67 Å². The van der Waals surface area contributed by atoms with Crippen molar-refractivity contribution >= 4 is 11.6 Å². The van der Waals surface area contributed by atoms with Crippen LogP contribution in [0.3, 0.4) is 0 Å². The van der Waals surface area contributed by atoms with Crippen molar-refractivity contribution in [1.29, 1.82) is 0 Å². The van der Waals surface area contributed by atoms with Crippen LogP contribution in [-0.2, 0) is 20.0 Å². The standard InChI is InChI=1S/C20H29N7/c1-15(2)19-16(13-26(5)24-19)12-25(4)20(21-3)22-10-9-17-14-27-11-7-6-8-18(27)23-17/h6-8,11,13-15H,9-10,12H2,1-5H3,(H,21,22). The van der Waals surface area contributed by atoms with Crippen LogP contribution in [0.5, 0.6) is 0 Å². The first-order valence-corrected chi connectivity index (χ1v) is 9.34. The fourth-order valence-corrected chi connectivity index (χ4v) is 3.29. The molecule has 0 atom stereocenters. The van der Waals surface area contributed by atoms with Gasteiger partial charge in [0.2, 0.25) is 0 Å². The van der Waals surface area contributed by atoms with Crippen molar-refractivity contribution < 1.29 is 0 Å². The molecule has 0 unspecified atom stereocenters. The summed E-state index contributed by atoms with van der Waals surface area (Å²) in [7, 11) is 5.84. The number of fused-ring (bicyclic) bond motifs is 1. The van der Waals surface area contributed by atoms with E-state index in [2.05, 4.69) is 58.6 Å². The van der Waals surface area contributed by atoms with E-state index in [1.807, 2.05) is 47.6 Å². The Morgan fingerprint density at radius 2 is 2.11 bits per heavy atom. The number of pyridine rings is 1. The van der Waals surface area contributed by atoms with E-state index >= 15 is 0 Å². The summed E-state index contributed by atoms with van der Waals surface area (Å²) < 4.78 is 3.93. The van der Waals surface area contributed by atoms with Gasteiger partial charge in [0.1, 0.15) is 5.65 Å². The Morgan fingerprint density at radius 1 is 1.30 bits per heavy atom. The average Bonchev–Trinajstić information content (AvgIpc) is 3.21. The largest absolute Gasteiger partial charge is 0.356 e. The minimum Gasteiger partial charge on any atom is -0.356 e. The summed E-state index contributed by atoms with van der Waals surface area (Å²) in [6.45, 7) is 5.90. The molecule has 3 aromatic rings. The number of rotatable bonds is 6. The van der Waals surface area contributed by atoms with Crippen LogP contribution in [0, 0.1) is 0 Å². The minimum absolute atomic E-state index is 0.402. The molecule has 0 aliphatic heterocycles. The van der Waals surface area contributed by atoms with E-state index in [1.54, 1.807) is 0 Å². The number of imidazole rings is 1. The van der Waals surface area contributed by atoms with Crippen LogP contribution in [0.4, 0.5) is 0 Å². The van der Waals surface area contributed by atoms with Crippen molar-refractivity contribution in [1.82, 2.24) is 29.4 Å². The van der Waals surface area contributed by atoms with Gasteiger partial charge in [0.05, 0.1) is 11.4 Å².